The van der Waals surface area contributed by atoms with E-state index in [2.05, 4.69) is 15.1 Å². The molecule has 3 aliphatic rings. The molecule has 6 heteroatoms. The van der Waals surface area contributed by atoms with Gasteiger partial charge in [-0.15, -0.1) is 0 Å². The van der Waals surface area contributed by atoms with Gasteiger partial charge in [-0.2, -0.15) is 0 Å². The number of rotatable bonds is 5. The van der Waals surface area contributed by atoms with Crippen LogP contribution in [-0.2, 0) is 16.1 Å². The Hall–Kier alpha value is -1.37. The van der Waals surface area contributed by atoms with Crippen LogP contribution in [0.2, 0.25) is 0 Å². The lowest BCUT2D eigenvalue weighted by Crippen LogP contribution is -2.72. The van der Waals surface area contributed by atoms with Crippen LogP contribution in [-0.4, -0.2) is 67.2 Å². The molecule has 6 nitrogen and oxygen atoms in total. The summed E-state index contributed by atoms with van der Waals surface area (Å²) >= 11 is 0. The third kappa shape index (κ3) is 3.23. The van der Waals surface area contributed by atoms with Crippen LogP contribution in [0.25, 0.3) is 0 Å². The predicted molar refractivity (Wildman–Crippen MR) is 89.6 cm³/mol. The number of carbonyl (C=O) groups is 1. The first-order valence-electron chi connectivity index (χ1n) is 8.94. The first-order valence-corrected chi connectivity index (χ1v) is 8.94. The molecule has 3 heterocycles. The Kier molecular flexibility index (Phi) is 4.14. The summed E-state index contributed by atoms with van der Waals surface area (Å²) in [7, 11) is 1.71. The van der Waals surface area contributed by atoms with Crippen LogP contribution in [0.3, 0.4) is 0 Å². The fourth-order valence-electron chi connectivity index (χ4n) is 3.98. The largest absolute Gasteiger partial charge is 0.465 e. The minimum absolute atomic E-state index is 0.0766. The van der Waals surface area contributed by atoms with Gasteiger partial charge in [0.1, 0.15) is 23.2 Å². The summed E-state index contributed by atoms with van der Waals surface area (Å²) in [6.07, 6.45) is 2.60. The number of morpholine rings is 1. The summed E-state index contributed by atoms with van der Waals surface area (Å²) in [5.74, 6) is 2.82. The van der Waals surface area contributed by atoms with Gasteiger partial charge in [-0.3, -0.25) is 14.6 Å². The quantitative estimate of drug-likeness (QED) is 0.871. The summed E-state index contributed by atoms with van der Waals surface area (Å²) < 4.78 is 11.8. The highest BCUT2D eigenvalue weighted by Gasteiger charge is 2.51. The van der Waals surface area contributed by atoms with E-state index in [0.29, 0.717) is 6.61 Å². The molecular weight excluding hydrogens is 306 g/mol. The highest BCUT2D eigenvalue weighted by atomic mass is 16.5. The molecule has 1 aliphatic carbocycles. The maximum absolute atomic E-state index is 12.1. The average molecular weight is 333 g/mol. The number of ether oxygens (including phenoxy) is 1. The first-order chi connectivity index (χ1) is 11.6. The van der Waals surface area contributed by atoms with Crippen molar-refractivity contribution >= 4 is 5.91 Å². The van der Waals surface area contributed by atoms with E-state index in [4.69, 9.17) is 9.15 Å². The lowest BCUT2D eigenvalue weighted by molar-refractivity contribution is -0.203. The molecule has 1 amide bonds. The van der Waals surface area contributed by atoms with Crippen molar-refractivity contribution in [1.29, 1.82) is 0 Å². The molecule has 2 aliphatic heterocycles. The molecule has 132 valence electrons. The zero-order valence-electron chi connectivity index (χ0n) is 14.6. The van der Waals surface area contributed by atoms with Crippen molar-refractivity contribution < 1.29 is 13.9 Å². The Balaban J connectivity index is 1.36. The summed E-state index contributed by atoms with van der Waals surface area (Å²) in [5.41, 5.74) is -0.110. The molecule has 1 spiro atoms. The van der Waals surface area contributed by atoms with Crippen molar-refractivity contribution in [2.24, 2.45) is 5.92 Å². The van der Waals surface area contributed by atoms with Crippen molar-refractivity contribution in [3.05, 3.63) is 23.7 Å². The highest BCUT2D eigenvalue weighted by Crippen LogP contribution is 2.36. The topological polar surface area (TPSA) is 58.0 Å². The van der Waals surface area contributed by atoms with Crippen LogP contribution in [0.15, 0.2) is 16.5 Å². The molecule has 1 N–H and O–H groups in total. The molecule has 0 aromatic carbocycles. The van der Waals surface area contributed by atoms with Gasteiger partial charge < -0.3 is 14.5 Å². The summed E-state index contributed by atoms with van der Waals surface area (Å²) in [4.78, 5) is 16.9. The lowest BCUT2D eigenvalue weighted by atomic mass is 9.90. The van der Waals surface area contributed by atoms with Crippen molar-refractivity contribution in [2.45, 2.75) is 38.0 Å². The monoisotopic (exact) mass is 333 g/mol. The van der Waals surface area contributed by atoms with Gasteiger partial charge in [0.05, 0.1) is 13.2 Å². The second kappa shape index (κ2) is 6.17. The van der Waals surface area contributed by atoms with Crippen molar-refractivity contribution in [2.75, 3.05) is 39.8 Å². The highest BCUT2D eigenvalue weighted by molar-refractivity contribution is 5.81. The molecule has 0 bridgehead atoms. The average Bonchev–Trinajstić information content (AvgIpc) is 3.26. The molecule has 1 unspecified atom stereocenters. The normalized spacial score (nSPS) is 27.2. The standard InChI is InChI=1S/C18H27N3O3/c1-13-3-6-15(24-13)8-20-10-18(11-20)12-21(7-14-4-5-14)16(9-23-18)17(22)19-2/h3,6,14,16H,4-5,7-12H2,1-2H3,(H,19,22). The molecule has 3 fully saturated rings. The zero-order chi connectivity index (χ0) is 16.7. The maximum atomic E-state index is 12.1. The van der Waals surface area contributed by atoms with Crippen molar-refractivity contribution in [1.82, 2.24) is 15.1 Å². The number of aryl methyl sites for hydroxylation is 1. The number of nitrogens with zero attached hydrogens (tertiary/aromatic N) is 2. The number of nitrogens with one attached hydrogen (secondary N) is 1. The van der Waals surface area contributed by atoms with E-state index in [0.717, 1.165) is 50.2 Å². The fourth-order valence-corrected chi connectivity index (χ4v) is 3.98. The molecule has 1 aromatic heterocycles. The van der Waals surface area contributed by atoms with Gasteiger partial charge in [-0.05, 0) is 37.8 Å². The first kappa shape index (κ1) is 16.1. The summed E-state index contributed by atoms with van der Waals surface area (Å²) in [6, 6.07) is 3.92. The van der Waals surface area contributed by atoms with Crippen molar-refractivity contribution in [3.63, 3.8) is 0 Å². The number of carbonyl (C=O) groups excluding carboxylic acids is 1. The Morgan fingerprint density at radius 2 is 2.12 bits per heavy atom. The Morgan fingerprint density at radius 1 is 1.33 bits per heavy atom. The van der Waals surface area contributed by atoms with Crippen LogP contribution in [0.5, 0.6) is 0 Å². The molecule has 0 radical (unpaired) electrons. The minimum atomic E-state index is -0.136. The van der Waals surface area contributed by atoms with Gasteiger partial charge in [0.25, 0.3) is 0 Å². The maximum Gasteiger partial charge on any atom is 0.239 e. The molecular formula is C18H27N3O3. The molecule has 24 heavy (non-hydrogen) atoms. The minimum Gasteiger partial charge on any atom is -0.465 e. The third-order valence-electron chi connectivity index (χ3n) is 5.42. The molecule has 4 rings (SSSR count). The van der Waals surface area contributed by atoms with E-state index >= 15 is 0 Å². The van der Waals surface area contributed by atoms with Gasteiger partial charge in [0.15, 0.2) is 0 Å². The number of amides is 1. The summed E-state index contributed by atoms with van der Waals surface area (Å²) in [6.45, 7) is 7.01. The molecule has 1 aromatic rings. The van der Waals surface area contributed by atoms with E-state index in [1.54, 1.807) is 7.05 Å². The number of hydrogen-bond acceptors (Lipinski definition) is 5. The second-order valence-corrected chi connectivity index (χ2v) is 7.65. The van der Waals surface area contributed by atoms with E-state index in [9.17, 15) is 4.79 Å². The molecule has 1 saturated carbocycles. The number of likely N-dealkylation sites (N-methyl/N-ethyl adjacent to an activating group) is 1. The van der Waals surface area contributed by atoms with Gasteiger partial charge in [-0.25, -0.2) is 0 Å². The van der Waals surface area contributed by atoms with E-state index in [-0.39, 0.29) is 17.6 Å². The van der Waals surface area contributed by atoms with Crippen LogP contribution >= 0.6 is 0 Å². The molecule has 2 saturated heterocycles. The lowest BCUT2D eigenvalue weighted by Gasteiger charge is -2.55. The van der Waals surface area contributed by atoms with Gasteiger partial charge >= 0.3 is 0 Å². The van der Waals surface area contributed by atoms with E-state index in [1.807, 2.05) is 19.1 Å². The van der Waals surface area contributed by atoms with Gasteiger partial charge in [0, 0.05) is 33.2 Å². The smallest absolute Gasteiger partial charge is 0.239 e. The fraction of sp³-hybridized carbons (Fsp3) is 0.722. The summed E-state index contributed by atoms with van der Waals surface area (Å²) in [5, 5.41) is 2.78. The van der Waals surface area contributed by atoms with E-state index < -0.39 is 0 Å². The van der Waals surface area contributed by atoms with Crippen LogP contribution in [0.1, 0.15) is 24.4 Å². The van der Waals surface area contributed by atoms with Gasteiger partial charge in [0.2, 0.25) is 5.91 Å². The Labute approximate surface area is 143 Å². The number of likely N-dealkylation sites (tertiary alicyclic amines) is 1. The number of hydrogen-bond donors (Lipinski definition) is 1. The Morgan fingerprint density at radius 3 is 2.75 bits per heavy atom. The SMILES string of the molecule is CNC(=O)C1COC2(CN(Cc3ccc(C)o3)C2)CN1CC1CC1. The number of furan rings is 1. The zero-order valence-corrected chi connectivity index (χ0v) is 14.6. The van der Waals surface area contributed by atoms with Crippen LogP contribution < -0.4 is 5.32 Å². The van der Waals surface area contributed by atoms with Gasteiger partial charge in [-0.1, -0.05) is 0 Å². The van der Waals surface area contributed by atoms with Crippen LogP contribution in [0, 0.1) is 12.8 Å². The van der Waals surface area contributed by atoms with E-state index in [1.165, 1.54) is 12.8 Å². The van der Waals surface area contributed by atoms with Crippen LogP contribution in [0.4, 0.5) is 0 Å². The predicted octanol–water partition coefficient (Wildman–Crippen LogP) is 0.999. The molecule has 1 atom stereocenters. The Bertz CT molecular complexity index is 604. The second-order valence-electron chi connectivity index (χ2n) is 7.65. The van der Waals surface area contributed by atoms with Crippen molar-refractivity contribution in [3.8, 4) is 0 Å². The third-order valence-corrected chi connectivity index (χ3v) is 5.42.